The van der Waals surface area contributed by atoms with Gasteiger partial charge in [-0.2, -0.15) is 0 Å². The number of carbonyl (C=O) groups excluding carboxylic acids is 8. The highest BCUT2D eigenvalue weighted by molar-refractivity contribution is 7.84. The first-order valence-corrected chi connectivity index (χ1v) is 30.0. The molecule has 2 aliphatic rings. The van der Waals surface area contributed by atoms with Gasteiger partial charge >= 0.3 is 0 Å². The van der Waals surface area contributed by atoms with E-state index >= 15 is 0 Å². The van der Waals surface area contributed by atoms with Crippen LogP contribution in [0.2, 0.25) is 0 Å². The first-order chi connectivity index (χ1) is 36.9. The van der Waals surface area contributed by atoms with Gasteiger partial charge in [-0.25, -0.2) is 0 Å². The Kier molecular flexibility index (Phi) is 22.1. The molecule has 3 heterocycles. The normalized spacial score (nSPS) is 25.4. The van der Waals surface area contributed by atoms with E-state index < -0.39 is 129 Å². The summed E-state index contributed by atoms with van der Waals surface area (Å²) in [6.07, 6.45) is 5.76. The smallest absolute Gasteiger partial charge is 0.245 e. The van der Waals surface area contributed by atoms with Gasteiger partial charge in [0.05, 0.1) is 0 Å². The highest BCUT2D eigenvalue weighted by atomic mass is 32.2. The van der Waals surface area contributed by atoms with Crippen molar-refractivity contribution in [3.63, 3.8) is 0 Å². The Balaban J connectivity index is 1.46. The number of hydrogen-bond acceptors (Lipinski definition) is 10. The third kappa shape index (κ3) is 16.6. The topological polar surface area (TPSA) is 274 Å². The minimum atomic E-state index is -1.42. The predicted molar refractivity (Wildman–Crippen MR) is 297 cm³/mol. The van der Waals surface area contributed by atoms with E-state index in [1.54, 1.807) is 74.6 Å². The number of amides is 8. The number of para-hydroxylation sites is 1. The maximum Gasteiger partial charge on any atom is 0.245 e. The summed E-state index contributed by atoms with van der Waals surface area (Å²) in [5.74, 6) is -6.77. The molecule has 3 aromatic carbocycles. The standard InChI is InChI=1S/C56H75N9O10S2/c1-7-34(3)47-54(71)58-41(25-28-76(5)74)49(66)63-48(35(4)8-2)55(72)59-42(26-29-77(6)75)56(73)65-27-17-24-46(65)53(70)62-44(31-37-20-13-10-14-21-37)51(68)60-43(30-36-18-11-9-12-19-36)50(67)61-45(52(69)64-47)32-38-33-57-40-23-16-15-22-39(38)40/h9-16,18-23,33-35,41-48,57H,7-8,17,24-32H2,1-6H3,(H,58,71)(H,59,72)(H,60,68)(H,61,67)(H,62,70)(H,63,66)(H,64,69)/t34-,35-,41-,42-,43-,44-,45-,46-,47-,48-,76+,77-/m0/s1. The van der Waals surface area contributed by atoms with Crippen LogP contribution in [-0.2, 0) is 79.2 Å². The number of H-pyrrole nitrogens is 1. The van der Waals surface area contributed by atoms with Crippen LogP contribution in [-0.4, -0.2) is 144 Å². The molecule has 4 aromatic rings. The first kappa shape index (κ1) is 59.5. The fourth-order valence-electron chi connectivity index (χ4n) is 9.69. The summed E-state index contributed by atoms with van der Waals surface area (Å²) in [5.41, 5.74) is 2.81. The van der Waals surface area contributed by atoms with Gasteiger partial charge in [0.1, 0.15) is 48.3 Å². The molecule has 12 atom stereocenters. The second-order valence-electron chi connectivity index (χ2n) is 20.3. The minimum Gasteiger partial charge on any atom is -0.361 e. The lowest BCUT2D eigenvalue weighted by atomic mass is 9.95. The average molecular weight is 1100 g/mol. The summed E-state index contributed by atoms with van der Waals surface area (Å²) in [6, 6.07) is 15.2. The van der Waals surface area contributed by atoms with Crippen molar-refractivity contribution in [3.8, 4) is 0 Å². The number of nitrogens with zero attached hydrogens (tertiary/aromatic N) is 1. The second-order valence-corrected chi connectivity index (χ2v) is 23.4. The van der Waals surface area contributed by atoms with Crippen LogP contribution in [0.25, 0.3) is 10.9 Å². The van der Waals surface area contributed by atoms with Gasteiger partial charge in [-0.15, -0.1) is 0 Å². The number of carbonyl (C=O) groups is 8. The molecule has 8 N–H and O–H groups in total. The molecule has 21 heteroatoms. The lowest BCUT2D eigenvalue weighted by Gasteiger charge is -2.32. The first-order valence-electron chi connectivity index (χ1n) is 26.5. The van der Waals surface area contributed by atoms with Crippen LogP contribution in [0, 0.1) is 11.8 Å². The van der Waals surface area contributed by atoms with E-state index in [1.165, 1.54) is 17.4 Å². The Hall–Kier alpha value is -6.74. The molecule has 6 rings (SSSR count). The molecule has 0 saturated carbocycles. The lowest BCUT2D eigenvalue weighted by molar-refractivity contribution is -0.143. The molecule has 77 heavy (non-hydrogen) atoms. The van der Waals surface area contributed by atoms with E-state index in [0.717, 1.165) is 10.9 Å². The monoisotopic (exact) mass is 1100 g/mol. The van der Waals surface area contributed by atoms with Crippen molar-refractivity contribution in [2.75, 3.05) is 30.6 Å². The zero-order valence-corrected chi connectivity index (χ0v) is 46.4. The fourth-order valence-corrected chi connectivity index (χ4v) is 10.8. The molecule has 2 aliphatic heterocycles. The van der Waals surface area contributed by atoms with Gasteiger partial charge in [0, 0.05) is 88.5 Å². The van der Waals surface area contributed by atoms with Gasteiger partial charge in [0.2, 0.25) is 47.3 Å². The average Bonchev–Trinajstić information content (AvgIpc) is 4.09. The summed E-state index contributed by atoms with van der Waals surface area (Å²) in [6.45, 7) is 7.25. The molecule has 0 aliphatic carbocycles. The molecule has 8 amide bonds. The summed E-state index contributed by atoms with van der Waals surface area (Å²) in [5, 5.41) is 20.7. The SMILES string of the molecule is CC[C@H](C)[C@@H]1NC(=O)[C@H](Cc2c[nH]c3ccccc23)NC(=O)[C@H](Cc2ccccc2)NC(=O)[C@H](Cc2ccccc2)NC(=O)[C@@H]2CCCN2C(=O)[C@H](CC[S@](C)=O)NC(=O)[C@H]([C@@H](C)CC)NC(=O)[C@H](CC[S@@](C)=O)NC1=O. The Morgan fingerprint density at radius 2 is 0.948 bits per heavy atom. The van der Waals surface area contributed by atoms with Crippen LogP contribution in [0.5, 0.6) is 0 Å². The molecule has 2 fully saturated rings. The van der Waals surface area contributed by atoms with Gasteiger partial charge in [-0.1, -0.05) is 119 Å². The second kappa shape index (κ2) is 28.6. The number of fused-ring (bicyclic) bond motifs is 2. The third-order valence-electron chi connectivity index (χ3n) is 14.6. The van der Waals surface area contributed by atoms with E-state index in [0.29, 0.717) is 36.0 Å². The number of nitrogens with one attached hydrogen (secondary N) is 8. The van der Waals surface area contributed by atoms with Crippen molar-refractivity contribution in [1.82, 2.24) is 47.1 Å². The molecule has 0 spiro atoms. The van der Waals surface area contributed by atoms with Gasteiger partial charge in [0.15, 0.2) is 0 Å². The molecule has 0 unspecified atom stereocenters. The fraction of sp³-hybridized carbons (Fsp3) is 0.500. The number of benzene rings is 3. The van der Waals surface area contributed by atoms with E-state index in [1.807, 2.05) is 44.2 Å². The van der Waals surface area contributed by atoms with Crippen molar-refractivity contribution >= 4 is 79.8 Å². The summed E-state index contributed by atoms with van der Waals surface area (Å²) in [7, 11) is -2.82. The van der Waals surface area contributed by atoms with Crippen LogP contribution >= 0.6 is 0 Å². The number of rotatable bonds is 16. The van der Waals surface area contributed by atoms with Crippen LogP contribution in [0.3, 0.4) is 0 Å². The van der Waals surface area contributed by atoms with Gasteiger partial charge in [-0.3, -0.25) is 46.8 Å². The predicted octanol–water partition coefficient (Wildman–Crippen LogP) is 2.22. The molecular formula is C56H75N9O10S2. The Labute approximate surface area is 455 Å². The molecule has 416 valence electrons. The lowest BCUT2D eigenvalue weighted by Crippen LogP contribution is -2.63. The van der Waals surface area contributed by atoms with Crippen molar-refractivity contribution < 1.29 is 46.8 Å². The molecule has 19 nitrogen and oxygen atoms in total. The summed E-state index contributed by atoms with van der Waals surface area (Å²) < 4.78 is 25.0. The van der Waals surface area contributed by atoms with E-state index in [-0.39, 0.29) is 56.6 Å². The number of aromatic nitrogens is 1. The highest BCUT2D eigenvalue weighted by Gasteiger charge is 2.42. The zero-order chi connectivity index (χ0) is 55.8. The van der Waals surface area contributed by atoms with E-state index in [9.17, 15) is 46.8 Å². The van der Waals surface area contributed by atoms with Crippen molar-refractivity contribution in [3.05, 3.63) is 108 Å². The van der Waals surface area contributed by atoms with Crippen LogP contribution in [0.4, 0.5) is 0 Å². The highest BCUT2D eigenvalue weighted by Crippen LogP contribution is 2.23. The van der Waals surface area contributed by atoms with E-state index in [2.05, 4.69) is 42.2 Å². The largest absolute Gasteiger partial charge is 0.361 e. The maximum absolute atomic E-state index is 15.0. The number of hydrogen-bond donors (Lipinski definition) is 8. The molecule has 0 bridgehead atoms. The van der Waals surface area contributed by atoms with Crippen LogP contribution < -0.4 is 37.2 Å². The summed E-state index contributed by atoms with van der Waals surface area (Å²) in [4.78, 5) is 122. The Morgan fingerprint density at radius 1 is 0.519 bits per heavy atom. The molecule has 2 saturated heterocycles. The summed E-state index contributed by atoms with van der Waals surface area (Å²) >= 11 is 0. The minimum absolute atomic E-state index is 0.00963. The van der Waals surface area contributed by atoms with Crippen molar-refractivity contribution in [2.45, 2.75) is 134 Å². The quantitative estimate of drug-likeness (QED) is 0.0811. The van der Waals surface area contributed by atoms with Gasteiger partial charge < -0.3 is 47.1 Å². The van der Waals surface area contributed by atoms with E-state index in [4.69, 9.17) is 0 Å². The maximum atomic E-state index is 15.0. The Morgan fingerprint density at radius 3 is 1.47 bits per heavy atom. The van der Waals surface area contributed by atoms with Crippen molar-refractivity contribution in [1.29, 1.82) is 0 Å². The molecule has 0 radical (unpaired) electrons. The molecular weight excluding hydrogens is 1020 g/mol. The van der Waals surface area contributed by atoms with Crippen LogP contribution in [0.1, 0.15) is 82.9 Å². The Bertz CT molecular complexity index is 2760. The third-order valence-corrected chi connectivity index (χ3v) is 16.2. The van der Waals surface area contributed by atoms with Crippen LogP contribution in [0.15, 0.2) is 91.1 Å². The van der Waals surface area contributed by atoms with Gasteiger partial charge in [0.25, 0.3) is 0 Å². The molecule has 1 aromatic heterocycles. The van der Waals surface area contributed by atoms with Gasteiger partial charge in [-0.05, 0) is 60.3 Å². The zero-order valence-electron chi connectivity index (χ0n) is 44.8. The van der Waals surface area contributed by atoms with Crippen molar-refractivity contribution in [2.24, 2.45) is 11.8 Å². The number of aromatic amines is 1.